The van der Waals surface area contributed by atoms with Gasteiger partial charge in [0.25, 0.3) is 0 Å². The fourth-order valence-electron chi connectivity index (χ4n) is 3.80. The fraction of sp³-hybridized carbons (Fsp3) is 0.889. The second-order valence-corrected chi connectivity index (χ2v) is 7.83. The number of hydrogen-bond donors (Lipinski definition) is 2. The van der Waals surface area contributed by atoms with Crippen molar-refractivity contribution in [2.45, 2.75) is 57.5 Å². The SMILES string of the molecule is CC1CCCCC1NC(=O)CN1CCN(CC(=O)NC2CC2)CC1. The van der Waals surface area contributed by atoms with E-state index in [1.807, 2.05) is 0 Å². The van der Waals surface area contributed by atoms with Gasteiger partial charge in [0.05, 0.1) is 13.1 Å². The monoisotopic (exact) mass is 336 g/mol. The molecule has 0 radical (unpaired) electrons. The first kappa shape index (κ1) is 17.7. The quantitative estimate of drug-likeness (QED) is 0.745. The molecule has 2 aliphatic carbocycles. The third-order valence-corrected chi connectivity index (χ3v) is 5.60. The van der Waals surface area contributed by atoms with Crippen LogP contribution < -0.4 is 10.6 Å². The standard InChI is InChI=1S/C18H32N4O2/c1-14-4-2-3-5-16(14)20-18(24)13-22-10-8-21(9-11-22)12-17(23)19-15-6-7-15/h14-16H,2-13H2,1H3,(H,19,23)(H,20,24). The van der Waals surface area contributed by atoms with Crippen molar-refractivity contribution in [2.75, 3.05) is 39.3 Å². The number of nitrogens with one attached hydrogen (secondary N) is 2. The van der Waals surface area contributed by atoms with Gasteiger partial charge in [-0.25, -0.2) is 0 Å². The molecule has 0 aromatic carbocycles. The molecule has 0 aromatic rings. The Kier molecular flexibility index (Phi) is 6.11. The summed E-state index contributed by atoms with van der Waals surface area (Å²) < 4.78 is 0. The van der Waals surface area contributed by atoms with E-state index in [0.29, 0.717) is 31.1 Å². The molecule has 1 aliphatic heterocycles. The van der Waals surface area contributed by atoms with Crippen molar-refractivity contribution in [1.82, 2.24) is 20.4 Å². The number of carbonyl (C=O) groups is 2. The smallest absolute Gasteiger partial charge is 0.234 e. The maximum atomic E-state index is 12.3. The lowest BCUT2D eigenvalue weighted by Crippen LogP contribution is -2.53. The summed E-state index contributed by atoms with van der Waals surface area (Å²) in [6.45, 7) is 6.70. The van der Waals surface area contributed by atoms with E-state index in [0.717, 1.165) is 45.4 Å². The Bertz CT molecular complexity index is 444. The van der Waals surface area contributed by atoms with Crippen molar-refractivity contribution in [1.29, 1.82) is 0 Å². The molecule has 6 heteroatoms. The predicted molar refractivity (Wildman–Crippen MR) is 93.6 cm³/mol. The zero-order valence-electron chi connectivity index (χ0n) is 14.9. The van der Waals surface area contributed by atoms with Gasteiger partial charge in [0.2, 0.25) is 11.8 Å². The highest BCUT2D eigenvalue weighted by Crippen LogP contribution is 2.23. The molecule has 6 nitrogen and oxygen atoms in total. The van der Waals surface area contributed by atoms with E-state index < -0.39 is 0 Å². The highest BCUT2D eigenvalue weighted by Gasteiger charge is 2.27. The van der Waals surface area contributed by atoms with E-state index in [1.54, 1.807) is 0 Å². The summed E-state index contributed by atoms with van der Waals surface area (Å²) >= 11 is 0. The molecule has 136 valence electrons. The number of carbonyl (C=O) groups excluding carboxylic acids is 2. The van der Waals surface area contributed by atoms with E-state index in [1.165, 1.54) is 19.3 Å². The van der Waals surface area contributed by atoms with Gasteiger partial charge >= 0.3 is 0 Å². The second kappa shape index (κ2) is 8.30. The molecule has 24 heavy (non-hydrogen) atoms. The molecule has 0 bridgehead atoms. The van der Waals surface area contributed by atoms with Gasteiger partial charge in [-0.15, -0.1) is 0 Å². The summed E-state index contributed by atoms with van der Waals surface area (Å²) in [5.74, 6) is 0.910. The van der Waals surface area contributed by atoms with Gasteiger partial charge in [-0.1, -0.05) is 19.8 Å². The maximum absolute atomic E-state index is 12.3. The third kappa shape index (κ3) is 5.45. The summed E-state index contributed by atoms with van der Waals surface area (Å²) in [5.41, 5.74) is 0. The van der Waals surface area contributed by atoms with Crippen LogP contribution in [0.25, 0.3) is 0 Å². The summed E-state index contributed by atoms with van der Waals surface area (Å²) in [6, 6.07) is 0.795. The molecule has 3 rings (SSSR count). The van der Waals surface area contributed by atoms with Gasteiger partial charge in [0, 0.05) is 38.3 Å². The number of hydrogen-bond acceptors (Lipinski definition) is 4. The molecule has 2 atom stereocenters. The minimum Gasteiger partial charge on any atom is -0.352 e. The van der Waals surface area contributed by atoms with Crippen LogP contribution in [0.15, 0.2) is 0 Å². The van der Waals surface area contributed by atoms with Crippen LogP contribution in [0.1, 0.15) is 45.4 Å². The van der Waals surface area contributed by atoms with Crippen molar-refractivity contribution in [3.05, 3.63) is 0 Å². The molecular weight excluding hydrogens is 304 g/mol. The highest BCUT2D eigenvalue weighted by molar-refractivity contribution is 5.79. The third-order valence-electron chi connectivity index (χ3n) is 5.60. The molecule has 3 fully saturated rings. The maximum Gasteiger partial charge on any atom is 0.234 e. The highest BCUT2D eigenvalue weighted by atomic mass is 16.2. The Morgan fingerprint density at radius 2 is 1.38 bits per heavy atom. The lowest BCUT2D eigenvalue weighted by atomic mass is 9.86. The van der Waals surface area contributed by atoms with Gasteiger partial charge in [0.15, 0.2) is 0 Å². The van der Waals surface area contributed by atoms with Crippen LogP contribution in [0.4, 0.5) is 0 Å². The Hall–Kier alpha value is -1.14. The van der Waals surface area contributed by atoms with Crippen LogP contribution in [-0.2, 0) is 9.59 Å². The molecule has 3 aliphatic rings. The summed E-state index contributed by atoms with van der Waals surface area (Å²) in [6.07, 6.45) is 7.15. The Morgan fingerprint density at radius 3 is 1.92 bits per heavy atom. The van der Waals surface area contributed by atoms with E-state index in [9.17, 15) is 9.59 Å². The van der Waals surface area contributed by atoms with Crippen molar-refractivity contribution in [2.24, 2.45) is 5.92 Å². The molecule has 2 N–H and O–H groups in total. The van der Waals surface area contributed by atoms with Crippen molar-refractivity contribution >= 4 is 11.8 Å². The molecule has 0 aromatic heterocycles. The lowest BCUT2D eigenvalue weighted by Gasteiger charge is -2.35. The average Bonchev–Trinajstić information content (AvgIpc) is 3.35. The minimum atomic E-state index is 0.148. The van der Waals surface area contributed by atoms with Crippen molar-refractivity contribution < 1.29 is 9.59 Å². The lowest BCUT2D eigenvalue weighted by molar-refractivity contribution is -0.125. The molecule has 2 saturated carbocycles. The topological polar surface area (TPSA) is 64.7 Å². The summed E-state index contributed by atoms with van der Waals surface area (Å²) in [4.78, 5) is 28.5. The van der Waals surface area contributed by atoms with Gasteiger partial charge < -0.3 is 10.6 Å². The second-order valence-electron chi connectivity index (χ2n) is 7.83. The van der Waals surface area contributed by atoms with E-state index >= 15 is 0 Å². The Balaban J connectivity index is 1.32. The largest absolute Gasteiger partial charge is 0.352 e. The van der Waals surface area contributed by atoms with Gasteiger partial charge in [-0.3, -0.25) is 19.4 Å². The van der Waals surface area contributed by atoms with Crippen LogP contribution in [0, 0.1) is 5.92 Å². The molecule has 0 spiro atoms. The predicted octanol–water partition coefficient (Wildman–Crippen LogP) is 0.578. The average molecular weight is 336 g/mol. The van der Waals surface area contributed by atoms with Crippen molar-refractivity contribution in [3.63, 3.8) is 0 Å². The molecule has 1 saturated heterocycles. The summed E-state index contributed by atoms with van der Waals surface area (Å²) in [7, 11) is 0. The Morgan fingerprint density at radius 1 is 0.833 bits per heavy atom. The molecular formula is C18H32N4O2. The Labute approximate surface area is 145 Å². The van der Waals surface area contributed by atoms with Gasteiger partial charge in [-0.2, -0.15) is 0 Å². The number of amides is 2. The molecule has 1 heterocycles. The van der Waals surface area contributed by atoms with Gasteiger partial charge in [0.1, 0.15) is 0 Å². The first-order valence-electron chi connectivity index (χ1n) is 9.63. The van der Waals surface area contributed by atoms with Crippen LogP contribution in [0.5, 0.6) is 0 Å². The van der Waals surface area contributed by atoms with E-state index in [2.05, 4.69) is 27.4 Å². The fourth-order valence-corrected chi connectivity index (χ4v) is 3.80. The normalized spacial score (nSPS) is 29.2. The minimum absolute atomic E-state index is 0.148. The molecule has 2 unspecified atom stereocenters. The zero-order valence-corrected chi connectivity index (χ0v) is 14.9. The first-order valence-corrected chi connectivity index (χ1v) is 9.63. The number of rotatable bonds is 6. The van der Waals surface area contributed by atoms with E-state index in [-0.39, 0.29) is 11.8 Å². The van der Waals surface area contributed by atoms with Crippen molar-refractivity contribution in [3.8, 4) is 0 Å². The van der Waals surface area contributed by atoms with E-state index in [4.69, 9.17) is 0 Å². The zero-order chi connectivity index (χ0) is 16.9. The van der Waals surface area contributed by atoms with Gasteiger partial charge in [-0.05, 0) is 31.6 Å². The number of nitrogens with zero attached hydrogens (tertiary/aromatic N) is 2. The van der Waals surface area contributed by atoms with Crippen LogP contribution in [-0.4, -0.2) is 73.0 Å². The number of piperazine rings is 1. The van der Waals surface area contributed by atoms with Crippen LogP contribution in [0.2, 0.25) is 0 Å². The first-order chi connectivity index (χ1) is 11.6. The summed E-state index contributed by atoms with van der Waals surface area (Å²) in [5, 5.41) is 6.27. The van der Waals surface area contributed by atoms with Crippen LogP contribution in [0.3, 0.4) is 0 Å². The molecule has 2 amide bonds. The van der Waals surface area contributed by atoms with Crippen LogP contribution >= 0.6 is 0 Å².